The molecule has 25 heavy (non-hydrogen) atoms. The van der Waals surface area contributed by atoms with Crippen LogP contribution < -0.4 is 10.2 Å². The van der Waals surface area contributed by atoms with Crippen molar-refractivity contribution in [1.29, 1.82) is 0 Å². The predicted molar refractivity (Wildman–Crippen MR) is 105 cm³/mol. The summed E-state index contributed by atoms with van der Waals surface area (Å²) in [5.41, 5.74) is 2.04. The number of rotatable bonds is 7. The zero-order valence-electron chi connectivity index (χ0n) is 14.3. The number of thioether (sulfide) groups is 1. The Morgan fingerprint density at radius 3 is 2.48 bits per heavy atom. The summed E-state index contributed by atoms with van der Waals surface area (Å²) in [6, 6.07) is 18.4. The maximum Gasteiger partial charge on any atom is 0.224 e. The lowest BCUT2D eigenvalue weighted by atomic mass is 10.2. The number of ether oxygens (including phenoxy) is 1. The molecule has 1 aliphatic rings. The summed E-state index contributed by atoms with van der Waals surface area (Å²) in [5.74, 6) is 1.03. The van der Waals surface area contributed by atoms with E-state index in [1.807, 2.05) is 30.3 Å². The first-order valence-corrected chi connectivity index (χ1v) is 9.70. The van der Waals surface area contributed by atoms with E-state index in [0.29, 0.717) is 6.42 Å². The van der Waals surface area contributed by atoms with E-state index < -0.39 is 0 Å². The Bertz CT molecular complexity index is 655. The second kappa shape index (κ2) is 9.49. The van der Waals surface area contributed by atoms with Crippen LogP contribution in [0.5, 0.6) is 0 Å². The third-order valence-electron chi connectivity index (χ3n) is 4.09. The molecule has 5 heteroatoms. The molecule has 1 saturated heterocycles. The smallest absolute Gasteiger partial charge is 0.224 e. The third-order valence-corrected chi connectivity index (χ3v) is 5.19. The number of carbonyl (C=O) groups excluding carboxylic acids is 1. The molecular formula is C20H24N2O2S. The van der Waals surface area contributed by atoms with E-state index in [9.17, 15) is 4.79 Å². The Balaban J connectivity index is 1.38. The highest BCUT2D eigenvalue weighted by atomic mass is 32.2. The molecule has 3 rings (SSSR count). The average molecular weight is 356 g/mol. The zero-order chi connectivity index (χ0) is 17.3. The van der Waals surface area contributed by atoms with Gasteiger partial charge in [-0.1, -0.05) is 18.2 Å². The van der Waals surface area contributed by atoms with E-state index in [-0.39, 0.29) is 5.91 Å². The first kappa shape index (κ1) is 17.8. The molecule has 1 fully saturated rings. The van der Waals surface area contributed by atoms with E-state index in [1.54, 1.807) is 11.8 Å². The second-order valence-corrected chi connectivity index (χ2v) is 7.13. The second-order valence-electron chi connectivity index (χ2n) is 5.96. The molecule has 2 aromatic carbocycles. The number of carbonyl (C=O) groups is 1. The molecule has 0 aromatic heterocycles. The van der Waals surface area contributed by atoms with Gasteiger partial charge in [0.05, 0.1) is 13.2 Å². The molecule has 0 saturated carbocycles. The van der Waals surface area contributed by atoms with Crippen molar-refractivity contribution in [3.8, 4) is 0 Å². The van der Waals surface area contributed by atoms with Crippen LogP contribution in [-0.4, -0.2) is 38.0 Å². The van der Waals surface area contributed by atoms with Crippen molar-refractivity contribution in [2.24, 2.45) is 0 Å². The molecule has 0 bridgehead atoms. The van der Waals surface area contributed by atoms with E-state index in [1.165, 1.54) is 10.6 Å². The van der Waals surface area contributed by atoms with Crippen molar-refractivity contribution >= 4 is 29.0 Å². The first-order chi connectivity index (χ1) is 12.3. The Kier molecular flexibility index (Phi) is 6.77. The molecule has 1 N–H and O–H groups in total. The van der Waals surface area contributed by atoms with Gasteiger partial charge in [0, 0.05) is 35.8 Å². The first-order valence-electron chi connectivity index (χ1n) is 8.72. The van der Waals surface area contributed by atoms with Crippen molar-refractivity contribution in [3.05, 3.63) is 54.6 Å². The van der Waals surface area contributed by atoms with Crippen LogP contribution >= 0.6 is 11.8 Å². The van der Waals surface area contributed by atoms with Crippen LogP contribution in [-0.2, 0) is 9.53 Å². The van der Waals surface area contributed by atoms with Crippen LogP contribution in [0.3, 0.4) is 0 Å². The molecule has 0 spiro atoms. The quantitative estimate of drug-likeness (QED) is 0.601. The summed E-state index contributed by atoms with van der Waals surface area (Å²) in [4.78, 5) is 15.6. The Hall–Kier alpha value is -1.98. The van der Waals surface area contributed by atoms with Gasteiger partial charge in [-0.2, -0.15) is 0 Å². The van der Waals surface area contributed by atoms with E-state index in [2.05, 4.69) is 34.5 Å². The number of nitrogens with one attached hydrogen (secondary N) is 1. The fourth-order valence-corrected chi connectivity index (χ4v) is 3.61. The topological polar surface area (TPSA) is 41.6 Å². The molecule has 132 valence electrons. The number of amides is 1. The Labute approximate surface area is 153 Å². The minimum atomic E-state index is 0.0767. The lowest BCUT2D eigenvalue weighted by Gasteiger charge is -2.28. The van der Waals surface area contributed by atoms with E-state index >= 15 is 0 Å². The van der Waals surface area contributed by atoms with Gasteiger partial charge >= 0.3 is 0 Å². The maximum atomic E-state index is 12.1. The van der Waals surface area contributed by atoms with E-state index in [4.69, 9.17) is 4.74 Å². The highest BCUT2D eigenvalue weighted by molar-refractivity contribution is 7.99. The summed E-state index contributed by atoms with van der Waals surface area (Å²) >= 11 is 1.79. The fourth-order valence-electron chi connectivity index (χ4n) is 2.74. The van der Waals surface area contributed by atoms with Crippen molar-refractivity contribution in [2.75, 3.05) is 42.3 Å². The molecule has 0 radical (unpaired) electrons. The fraction of sp³-hybridized carbons (Fsp3) is 0.350. The van der Waals surface area contributed by atoms with Gasteiger partial charge in [0.15, 0.2) is 0 Å². The number of hydrogen-bond donors (Lipinski definition) is 1. The van der Waals surface area contributed by atoms with Crippen molar-refractivity contribution in [1.82, 2.24) is 0 Å². The van der Waals surface area contributed by atoms with Gasteiger partial charge in [0.25, 0.3) is 0 Å². The predicted octanol–water partition coefficient (Wildman–Crippen LogP) is 4.03. The number of benzene rings is 2. The van der Waals surface area contributed by atoms with Crippen LogP contribution in [0, 0.1) is 0 Å². The largest absolute Gasteiger partial charge is 0.378 e. The number of hydrogen-bond acceptors (Lipinski definition) is 4. The number of anilines is 2. The summed E-state index contributed by atoms with van der Waals surface area (Å²) in [7, 11) is 0. The van der Waals surface area contributed by atoms with Gasteiger partial charge < -0.3 is 15.0 Å². The molecule has 1 heterocycles. The Morgan fingerprint density at radius 1 is 1.04 bits per heavy atom. The maximum absolute atomic E-state index is 12.1. The zero-order valence-corrected chi connectivity index (χ0v) is 15.1. The number of morpholine rings is 1. The molecule has 1 aliphatic heterocycles. The monoisotopic (exact) mass is 356 g/mol. The minimum Gasteiger partial charge on any atom is -0.378 e. The Morgan fingerprint density at radius 2 is 1.76 bits per heavy atom. The van der Waals surface area contributed by atoms with Gasteiger partial charge in [0.2, 0.25) is 5.91 Å². The van der Waals surface area contributed by atoms with Crippen molar-refractivity contribution in [2.45, 2.75) is 17.7 Å². The SMILES string of the molecule is O=C(CCCSc1ccccc1)Nc1ccc(N2CCOCC2)cc1. The normalized spacial score (nSPS) is 14.3. The van der Waals surface area contributed by atoms with Crippen LogP contribution in [0.2, 0.25) is 0 Å². The van der Waals surface area contributed by atoms with Gasteiger partial charge in [-0.25, -0.2) is 0 Å². The van der Waals surface area contributed by atoms with E-state index in [0.717, 1.165) is 44.2 Å². The molecule has 1 amide bonds. The number of nitrogens with zero attached hydrogens (tertiary/aromatic N) is 1. The molecule has 0 unspecified atom stereocenters. The molecule has 2 aromatic rings. The highest BCUT2D eigenvalue weighted by Gasteiger charge is 2.11. The van der Waals surface area contributed by atoms with Gasteiger partial charge in [-0.05, 0) is 48.6 Å². The molecule has 0 atom stereocenters. The summed E-state index contributed by atoms with van der Waals surface area (Å²) in [6.07, 6.45) is 1.42. The lowest BCUT2D eigenvalue weighted by Crippen LogP contribution is -2.36. The molecule has 4 nitrogen and oxygen atoms in total. The third kappa shape index (κ3) is 5.80. The standard InChI is InChI=1S/C20H24N2O2S/c23-20(7-4-16-25-19-5-2-1-3-6-19)21-17-8-10-18(11-9-17)22-12-14-24-15-13-22/h1-3,5-6,8-11H,4,7,12-16H2,(H,21,23). The van der Waals surface area contributed by atoms with Crippen LogP contribution in [0.1, 0.15) is 12.8 Å². The highest BCUT2D eigenvalue weighted by Crippen LogP contribution is 2.20. The summed E-state index contributed by atoms with van der Waals surface area (Å²) < 4.78 is 5.37. The van der Waals surface area contributed by atoms with Crippen LogP contribution in [0.25, 0.3) is 0 Å². The van der Waals surface area contributed by atoms with Gasteiger partial charge in [-0.15, -0.1) is 11.8 Å². The average Bonchev–Trinajstić information content (AvgIpc) is 2.67. The van der Waals surface area contributed by atoms with Crippen molar-refractivity contribution in [3.63, 3.8) is 0 Å². The summed E-state index contributed by atoms with van der Waals surface area (Å²) in [5, 5.41) is 2.98. The van der Waals surface area contributed by atoms with Crippen LogP contribution in [0.4, 0.5) is 11.4 Å². The summed E-state index contributed by atoms with van der Waals surface area (Å²) in [6.45, 7) is 3.40. The van der Waals surface area contributed by atoms with Gasteiger partial charge in [-0.3, -0.25) is 4.79 Å². The molecule has 0 aliphatic carbocycles. The van der Waals surface area contributed by atoms with Crippen LogP contribution in [0.15, 0.2) is 59.5 Å². The van der Waals surface area contributed by atoms with Gasteiger partial charge in [0.1, 0.15) is 0 Å². The molecular weight excluding hydrogens is 332 g/mol. The van der Waals surface area contributed by atoms with Crippen molar-refractivity contribution < 1.29 is 9.53 Å². The minimum absolute atomic E-state index is 0.0767. The lowest BCUT2D eigenvalue weighted by molar-refractivity contribution is -0.116.